The molecule has 0 bridgehead atoms. The Bertz CT molecular complexity index is 778. The van der Waals surface area contributed by atoms with E-state index in [2.05, 4.69) is 4.72 Å². The molecule has 0 radical (unpaired) electrons. The van der Waals surface area contributed by atoms with Crippen molar-refractivity contribution in [2.24, 2.45) is 0 Å². The minimum atomic E-state index is -3.86. The van der Waals surface area contributed by atoms with Crippen LogP contribution in [0.25, 0.3) is 0 Å². The van der Waals surface area contributed by atoms with Gasteiger partial charge in [-0.25, -0.2) is 13.1 Å². The lowest BCUT2D eigenvalue weighted by Crippen LogP contribution is -2.44. The Morgan fingerprint density at radius 1 is 0.960 bits per heavy atom. The lowest BCUT2D eigenvalue weighted by Gasteiger charge is -2.22. The number of sulfonamides is 1. The monoisotopic (exact) mass is 363 g/mol. The van der Waals surface area contributed by atoms with Crippen LogP contribution in [0.5, 0.6) is 0 Å². The molecule has 25 heavy (non-hydrogen) atoms. The summed E-state index contributed by atoms with van der Waals surface area (Å²) in [6, 6.07) is 14.7. The van der Waals surface area contributed by atoms with Gasteiger partial charge in [0.15, 0.2) is 6.29 Å². The van der Waals surface area contributed by atoms with Crippen LogP contribution in [-0.2, 0) is 21.9 Å². The highest BCUT2D eigenvalue weighted by molar-refractivity contribution is 7.89. The van der Waals surface area contributed by atoms with Gasteiger partial charge in [0.1, 0.15) is 0 Å². The van der Waals surface area contributed by atoms with Crippen LogP contribution in [0.2, 0.25) is 0 Å². The summed E-state index contributed by atoms with van der Waals surface area (Å²) in [5.74, 6) is 0. The van der Waals surface area contributed by atoms with Gasteiger partial charge < -0.3 is 10.2 Å². The molecule has 0 aliphatic heterocycles. The Morgan fingerprint density at radius 3 is 2.00 bits per heavy atom. The van der Waals surface area contributed by atoms with Crippen LogP contribution in [0.3, 0.4) is 0 Å². The van der Waals surface area contributed by atoms with E-state index >= 15 is 0 Å². The van der Waals surface area contributed by atoms with Crippen LogP contribution < -0.4 is 4.72 Å². The van der Waals surface area contributed by atoms with Crippen LogP contribution in [0.1, 0.15) is 31.9 Å². The van der Waals surface area contributed by atoms with Crippen LogP contribution in [0.15, 0.2) is 59.5 Å². The summed E-state index contributed by atoms with van der Waals surface area (Å²) in [5, 5.41) is 19.1. The molecular weight excluding hydrogens is 338 g/mol. The summed E-state index contributed by atoms with van der Waals surface area (Å²) in [6.45, 7) is 6.15. The van der Waals surface area contributed by atoms with Crippen molar-refractivity contribution >= 4 is 10.0 Å². The lowest BCUT2D eigenvalue weighted by molar-refractivity contribution is -0.0616. The largest absolute Gasteiger partial charge is 0.367 e. The summed E-state index contributed by atoms with van der Waals surface area (Å²) in [7, 11) is -3.86. The maximum atomic E-state index is 12.6. The molecule has 0 aliphatic rings. The highest BCUT2D eigenvalue weighted by Gasteiger charge is 2.25. The third kappa shape index (κ3) is 5.37. The van der Waals surface area contributed by atoms with Crippen molar-refractivity contribution in [3.8, 4) is 0 Å². The first-order valence-electron chi connectivity index (χ1n) is 8.12. The topological polar surface area (TPSA) is 86.6 Å². The maximum Gasteiger partial charge on any atom is 0.241 e. The van der Waals surface area contributed by atoms with Gasteiger partial charge in [-0.3, -0.25) is 0 Å². The minimum Gasteiger partial charge on any atom is -0.367 e. The molecule has 1 atom stereocenters. The van der Waals surface area contributed by atoms with Crippen molar-refractivity contribution in [3.63, 3.8) is 0 Å². The fraction of sp³-hybridized carbons (Fsp3) is 0.368. The summed E-state index contributed by atoms with van der Waals surface area (Å²) >= 11 is 0. The first kappa shape index (κ1) is 19.6. The summed E-state index contributed by atoms with van der Waals surface area (Å²) < 4.78 is 27.5. The first-order chi connectivity index (χ1) is 11.6. The number of aliphatic hydroxyl groups is 2. The zero-order valence-electron chi connectivity index (χ0n) is 14.7. The second-order valence-electron chi connectivity index (χ2n) is 7.11. The van der Waals surface area contributed by atoms with Gasteiger partial charge in [0.05, 0.1) is 10.9 Å². The highest BCUT2D eigenvalue weighted by atomic mass is 32.2. The van der Waals surface area contributed by atoms with Crippen molar-refractivity contribution in [1.82, 2.24) is 4.72 Å². The van der Waals surface area contributed by atoms with E-state index in [9.17, 15) is 18.6 Å². The van der Waals surface area contributed by atoms with Gasteiger partial charge in [-0.15, -0.1) is 0 Å². The number of benzene rings is 2. The molecule has 5 nitrogen and oxygen atoms in total. The molecule has 0 saturated heterocycles. The van der Waals surface area contributed by atoms with Gasteiger partial charge in [-0.05, 0) is 35.1 Å². The Hall–Kier alpha value is -1.73. The van der Waals surface area contributed by atoms with Gasteiger partial charge in [-0.1, -0.05) is 63.2 Å². The third-order valence-electron chi connectivity index (χ3n) is 4.00. The Kier molecular flexibility index (Phi) is 6.00. The SMILES string of the molecule is CC(C)(C)c1ccc(S(=O)(=O)N[C@@H](Cc2ccccc2)C(O)O)cc1. The molecule has 0 aliphatic carbocycles. The Morgan fingerprint density at radius 2 is 1.52 bits per heavy atom. The molecule has 0 unspecified atom stereocenters. The van der Waals surface area contributed by atoms with Crippen LogP contribution in [0.4, 0.5) is 0 Å². The third-order valence-corrected chi connectivity index (χ3v) is 5.50. The lowest BCUT2D eigenvalue weighted by atomic mass is 9.87. The van der Waals surface area contributed by atoms with Crippen molar-refractivity contribution in [2.75, 3.05) is 0 Å². The number of hydrogen-bond donors (Lipinski definition) is 3. The number of rotatable bonds is 6. The normalized spacial score (nSPS) is 13.8. The van der Waals surface area contributed by atoms with E-state index < -0.39 is 22.4 Å². The molecular formula is C19H25NO4S. The van der Waals surface area contributed by atoms with Crippen molar-refractivity contribution in [2.45, 2.75) is 49.8 Å². The molecule has 0 aromatic heterocycles. The molecule has 3 N–H and O–H groups in total. The van der Waals surface area contributed by atoms with Gasteiger partial charge >= 0.3 is 0 Å². The zero-order chi connectivity index (χ0) is 18.7. The fourth-order valence-electron chi connectivity index (χ4n) is 2.48. The van der Waals surface area contributed by atoms with Crippen LogP contribution in [0, 0.1) is 0 Å². The van der Waals surface area contributed by atoms with Crippen LogP contribution in [-0.4, -0.2) is 31.0 Å². The van der Waals surface area contributed by atoms with Gasteiger partial charge in [0.25, 0.3) is 0 Å². The average molecular weight is 363 g/mol. The molecule has 2 rings (SSSR count). The van der Waals surface area contributed by atoms with E-state index in [4.69, 9.17) is 0 Å². The fourth-order valence-corrected chi connectivity index (χ4v) is 3.71. The summed E-state index contributed by atoms with van der Waals surface area (Å²) in [4.78, 5) is 0.0965. The quantitative estimate of drug-likeness (QED) is 0.687. The molecule has 6 heteroatoms. The minimum absolute atomic E-state index is 0.0765. The molecule has 0 fully saturated rings. The Labute approximate surface area is 149 Å². The molecule has 136 valence electrons. The van der Waals surface area contributed by atoms with E-state index in [1.54, 1.807) is 12.1 Å². The van der Waals surface area contributed by atoms with E-state index in [0.717, 1.165) is 11.1 Å². The predicted octanol–water partition coefficient (Wildman–Crippen LogP) is 2.18. The maximum absolute atomic E-state index is 12.6. The Balaban J connectivity index is 2.19. The van der Waals surface area contributed by atoms with Gasteiger partial charge in [0, 0.05) is 0 Å². The number of hydrogen-bond acceptors (Lipinski definition) is 4. The number of aliphatic hydroxyl groups excluding tert-OH is 1. The molecule has 0 heterocycles. The second-order valence-corrected chi connectivity index (χ2v) is 8.82. The molecule has 0 amide bonds. The van der Waals surface area contributed by atoms with Gasteiger partial charge in [-0.2, -0.15) is 0 Å². The smallest absolute Gasteiger partial charge is 0.241 e. The first-order valence-corrected chi connectivity index (χ1v) is 9.61. The second kappa shape index (κ2) is 7.66. The average Bonchev–Trinajstić information content (AvgIpc) is 2.54. The number of nitrogens with one attached hydrogen (secondary N) is 1. The van der Waals surface area contributed by atoms with Crippen molar-refractivity contribution in [1.29, 1.82) is 0 Å². The van der Waals surface area contributed by atoms with E-state index in [1.807, 2.05) is 51.1 Å². The molecule has 0 spiro atoms. The van der Waals surface area contributed by atoms with Crippen molar-refractivity contribution < 1.29 is 18.6 Å². The summed E-state index contributed by atoms with van der Waals surface area (Å²) in [6.07, 6.45) is -1.62. The zero-order valence-corrected chi connectivity index (χ0v) is 15.5. The summed E-state index contributed by atoms with van der Waals surface area (Å²) in [5.41, 5.74) is 1.76. The van der Waals surface area contributed by atoms with E-state index in [0.29, 0.717) is 0 Å². The molecule has 0 saturated carbocycles. The van der Waals surface area contributed by atoms with E-state index in [-0.39, 0.29) is 16.7 Å². The molecule has 2 aromatic carbocycles. The predicted molar refractivity (Wildman–Crippen MR) is 97.6 cm³/mol. The van der Waals surface area contributed by atoms with E-state index in [1.165, 1.54) is 12.1 Å². The van der Waals surface area contributed by atoms with Crippen molar-refractivity contribution in [3.05, 3.63) is 65.7 Å². The van der Waals surface area contributed by atoms with Crippen LogP contribution >= 0.6 is 0 Å². The standard InChI is InChI=1S/C19H25NO4S/c1-19(2,3)15-9-11-16(12-10-15)25(23,24)20-17(18(21)22)13-14-7-5-4-6-8-14/h4-12,17-18,20-22H,13H2,1-3H3/t17-/m0/s1. The molecule has 2 aromatic rings. The highest BCUT2D eigenvalue weighted by Crippen LogP contribution is 2.23. The van der Waals surface area contributed by atoms with Gasteiger partial charge in [0.2, 0.25) is 10.0 Å².